The van der Waals surface area contributed by atoms with Crippen LogP contribution in [0.1, 0.15) is 107 Å². The highest BCUT2D eigenvalue weighted by atomic mass is 16.5. The van der Waals surface area contributed by atoms with Crippen LogP contribution in [0, 0.1) is 50.7 Å². The predicted molar refractivity (Wildman–Crippen MR) is 138 cm³/mol. The van der Waals surface area contributed by atoms with Crippen molar-refractivity contribution in [3.05, 3.63) is 0 Å². The molecule has 1 heterocycles. The fourth-order valence-electron chi connectivity index (χ4n) is 12.7. The first-order valence-corrected chi connectivity index (χ1v) is 14.7. The van der Waals surface area contributed by atoms with Crippen molar-refractivity contribution in [1.29, 1.82) is 0 Å². The number of carbonyl (C=O) groups excluding carboxylic acids is 1. The van der Waals surface area contributed by atoms with E-state index >= 15 is 0 Å². The molecule has 36 heavy (non-hydrogen) atoms. The number of Topliss-reactive ketones (excluding diaryl/α,β-unsaturated/α-hetero) is 1. The van der Waals surface area contributed by atoms with Gasteiger partial charge in [-0.05, 0) is 99.2 Å². The number of hydrogen-bond donors (Lipinski definition) is 3. The van der Waals surface area contributed by atoms with Gasteiger partial charge in [-0.15, -0.1) is 0 Å². The van der Waals surface area contributed by atoms with Crippen LogP contribution in [0.4, 0.5) is 0 Å². The average molecular weight is 503 g/mol. The van der Waals surface area contributed by atoms with Crippen molar-refractivity contribution in [1.82, 2.24) is 0 Å². The van der Waals surface area contributed by atoms with Gasteiger partial charge in [0.2, 0.25) is 0 Å². The van der Waals surface area contributed by atoms with Crippen LogP contribution in [0.15, 0.2) is 0 Å². The van der Waals surface area contributed by atoms with Crippen molar-refractivity contribution in [3.63, 3.8) is 0 Å². The molecule has 0 bridgehead atoms. The minimum absolute atomic E-state index is 0.00365. The van der Waals surface area contributed by atoms with Crippen molar-refractivity contribution >= 4 is 5.78 Å². The summed E-state index contributed by atoms with van der Waals surface area (Å²) < 4.78 is 6.67. The summed E-state index contributed by atoms with van der Waals surface area (Å²) in [5, 5.41) is 34.2. The lowest BCUT2D eigenvalue weighted by Gasteiger charge is -2.63. The van der Waals surface area contributed by atoms with Gasteiger partial charge in [0.1, 0.15) is 5.78 Å². The van der Waals surface area contributed by atoms with Crippen molar-refractivity contribution in [2.45, 2.75) is 136 Å². The molecule has 5 saturated carbocycles. The van der Waals surface area contributed by atoms with E-state index in [0.29, 0.717) is 24.0 Å². The molecule has 12 atom stereocenters. The number of aliphatic hydroxyl groups is 3. The number of fused-ring (bicyclic) bond motifs is 2. The zero-order valence-electron chi connectivity index (χ0n) is 23.9. The lowest BCUT2D eigenvalue weighted by molar-refractivity contribution is -0.203. The fourth-order valence-corrected chi connectivity index (χ4v) is 12.7. The lowest BCUT2D eigenvalue weighted by Crippen LogP contribution is -2.61. The molecule has 0 aromatic rings. The first-order chi connectivity index (χ1) is 16.4. The molecule has 0 aromatic heterocycles. The van der Waals surface area contributed by atoms with E-state index in [4.69, 9.17) is 4.74 Å². The molecule has 204 valence electrons. The second kappa shape index (κ2) is 6.98. The van der Waals surface area contributed by atoms with Crippen molar-refractivity contribution < 1.29 is 24.9 Å². The summed E-state index contributed by atoms with van der Waals surface area (Å²) in [4.78, 5) is 13.0. The Morgan fingerprint density at radius 1 is 0.889 bits per heavy atom. The van der Waals surface area contributed by atoms with Gasteiger partial charge < -0.3 is 20.1 Å². The van der Waals surface area contributed by atoms with Gasteiger partial charge in [0.15, 0.2) is 0 Å². The minimum atomic E-state index is -0.897. The van der Waals surface area contributed by atoms with Crippen molar-refractivity contribution in [3.8, 4) is 0 Å². The van der Waals surface area contributed by atoms with Crippen molar-refractivity contribution in [2.24, 2.45) is 50.7 Å². The molecule has 3 N–H and O–H groups in total. The number of rotatable bonds is 2. The maximum absolute atomic E-state index is 13.0. The van der Waals surface area contributed by atoms with Crippen LogP contribution in [0.2, 0.25) is 0 Å². The van der Waals surface area contributed by atoms with Gasteiger partial charge in [0.25, 0.3) is 0 Å². The lowest BCUT2D eigenvalue weighted by atomic mass is 9.41. The SMILES string of the molecule is C[C@@H]1[C@]23CCC(=O)C(C)(C)C2[C@@H](O)CC2[C@]4(C)C[C@H](O)[C@H]([C@@]5(C)CC[C@@H](C(C)(C)O)O5)[C@@]4(C)CC[C@@]213. The molecule has 2 spiro atoms. The Morgan fingerprint density at radius 2 is 1.56 bits per heavy atom. The molecule has 0 aromatic carbocycles. The maximum atomic E-state index is 13.0. The number of ether oxygens (including phenoxy) is 1. The molecule has 6 fully saturated rings. The van der Waals surface area contributed by atoms with E-state index in [0.717, 1.165) is 44.9 Å². The molecule has 5 aliphatic carbocycles. The zero-order valence-corrected chi connectivity index (χ0v) is 23.9. The van der Waals surface area contributed by atoms with Gasteiger partial charge in [-0.25, -0.2) is 0 Å². The molecular weight excluding hydrogens is 452 g/mol. The third-order valence-corrected chi connectivity index (χ3v) is 14.2. The van der Waals surface area contributed by atoms with Gasteiger partial charge >= 0.3 is 0 Å². The topological polar surface area (TPSA) is 87.0 Å². The summed E-state index contributed by atoms with van der Waals surface area (Å²) in [7, 11) is 0. The van der Waals surface area contributed by atoms with Gasteiger partial charge in [-0.3, -0.25) is 4.79 Å². The molecule has 6 aliphatic rings. The average Bonchev–Trinajstić information content (AvgIpc) is 2.98. The second-order valence-electron chi connectivity index (χ2n) is 16.0. The Balaban J connectivity index is 1.40. The quantitative estimate of drug-likeness (QED) is 0.500. The fraction of sp³-hybridized carbons (Fsp3) is 0.968. The van der Waals surface area contributed by atoms with Crippen LogP contribution in [-0.2, 0) is 9.53 Å². The van der Waals surface area contributed by atoms with Crippen LogP contribution < -0.4 is 0 Å². The molecule has 0 amide bonds. The molecule has 6 rings (SSSR count). The maximum Gasteiger partial charge on any atom is 0.138 e. The summed E-state index contributed by atoms with van der Waals surface area (Å²) in [5.41, 5.74) is -1.86. The van der Waals surface area contributed by atoms with E-state index in [1.54, 1.807) is 0 Å². The van der Waals surface area contributed by atoms with Crippen molar-refractivity contribution in [2.75, 3.05) is 0 Å². The predicted octanol–water partition coefficient (Wildman–Crippen LogP) is 4.89. The largest absolute Gasteiger partial charge is 0.393 e. The molecule has 5 heteroatoms. The van der Waals surface area contributed by atoms with Crippen LogP contribution >= 0.6 is 0 Å². The standard InChI is InChI=1S/C31H50O5/c1-17-30-14-13-27(6)24(29(8)11-10-22(36-29)26(4,5)35)19(33)16-28(27,7)20(30)15-18(32)23-25(2,3)21(34)9-12-31(17,23)30/h17-20,22-24,32-33,35H,9-16H2,1-8H3/t17-,18-,19-,20?,22-,23?,24-,27+,28-,29+,30-,31+/m0/s1. The third-order valence-electron chi connectivity index (χ3n) is 14.2. The van der Waals surface area contributed by atoms with Crippen LogP contribution in [0.25, 0.3) is 0 Å². The number of hydrogen-bond acceptors (Lipinski definition) is 5. The van der Waals surface area contributed by atoms with Crippen LogP contribution in [0.5, 0.6) is 0 Å². The van der Waals surface area contributed by atoms with E-state index in [1.807, 2.05) is 13.8 Å². The second-order valence-corrected chi connectivity index (χ2v) is 16.0. The molecule has 0 radical (unpaired) electrons. The molecule has 2 unspecified atom stereocenters. The first kappa shape index (κ1) is 25.8. The van der Waals surface area contributed by atoms with Gasteiger partial charge in [-0.2, -0.15) is 0 Å². The highest BCUT2D eigenvalue weighted by molar-refractivity contribution is 5.86. The molecule has 5 nitrogen and oxygen atoms in total. The Kier molecular flexibility index (Phi) is 5.00. The Bertz CT molecular complexity index is 984. The number of carbonyl (C=O) groups is 1. The van der Waals surface area contributed by atoms with E-state index in [2.05, 4.69) is 41.5 Å². The van der Waals surface area contributed by atoms with Crippen LogP contribution in [-0.4, -0.2) is 50.6 Å². The highest BCUT2D eigenvalue weighted by Crippen LogP contribution is 2.91. The highest BCUT2D eigenvalue weighted by Gasteiger charge is 2.88. The third kappa shape index (κ3) is 2.61. The zero-order chi connectivity index (χ0) is 26.5. The van der Waals surface area contributed by atoms with Gasteiger partial charge in [-0.1, -0.05) is 34.6 Å². The molecule has 1 aliphatic heterocycles. The number of ketones is 1. The van der Waals surface area contributed by atoms with E-state index in [9.17, 15) is 20.1 Å². The van der Waals surface area contributed by atoms with Gasteiger partial charge in [0, 0.05) is 23.7 Å². The van der Waals surface area contributed by atoms with E-state index in [1.165, 1.54) is 0 Å². The summed E-state index contributed by atoms with van der Waals surface area (Å²) in [6, 6.07) is 0. The summed E-state index contributed by atoms with van der Waals surface area (Å²) in [6.07, 6.45) is 5.73. The first-order valence-electron chi connectivity index (χ1n) is 14.7. The van der Waals surface area contributed by atoms with E-state index < -0.39 is 28.8 Å². The Labute approximate surface area is 217 Å². The Hall–Kier alpha value is -0.490. The monoisotopic (exact) mass is 502 g/mol. The van der Waals surface area contributed by atoms with Gasteiger partial charge in [0.05, 0.1) is 29.5 Å². The number of aliphatic hydroxyl groups excluding tert-OH is 2. The summed E-state index contributed by atoms with van der Waals surface area (Å²) in [5.74, 6) is 1.20. The molecular formula is C31H50O5. The van der Waals surface area contributed by atoms with Crippen LogP contribution in [0.3, 0.4) is 0 Å². The smallest absolute Gasteiger partial charge is 0.138 e. The normalized spacial score (nSPS) is 59.6. The summed E-state index contributed by atoms with van der Waals surface area (Å²) in [6.45, 7) is 17.2. The molecule has 1 saturated heterocycles. The Morgan fingerprint density at radius 3 is 2.17 bits per heavy atom. The minimum Gasteiger partial charge on any atom is -0.393 e. The van der Waals surface area contributed by atoms with E-state index in [-0.39, 0.29) is 39.6 Å². The summed E-state index contributed by atoms with van der Waals surface area (Å²) >= 11 is 0.